The third kappa shape index (κ3) is 11.8. The van der Waals surface area contributed by atoms with Crippen molar-refractivity contribution in [1.29, 1.82) is 0 Å². The van der Waals surface area contributed by atoms with Gasteiger partial charge >= 0.3 is 0 Å². The Labute approximate surface area is 233 Å². The van der Waals surface area contributed by atoms with Gasteiger partial charge in [0.2, 0.25) is 0 Å². The van der Waals surface area contributed by atoms with E-state index in [2.05, 4.69) is 17.4 Å². The van der Waals surface area contributed by atoms with Crippen LogP contribution in [-0.4, -0.2) is 68.1 Å². The van der Waals surface area contributed by atoms with E-state index in [4.69, 9.17) is 14.6 Å². The van der Waals surface area contributed by atoms with Crippen molar-refractivity contribution in [3.05, 3.63) is 58.7 Å². The average Bonchev–Trinajstić information content (AvgIpc) is 2.92. The lowest BCUT2D eigenvalue weighted by atomic mass is 10.0. The fraction of sp³-hybridized carbons (Fsp3) is 0.552. The Morgan fingerprint density at radius 1 is 1.00 bits per heavy atom. The zero-order chi connectivity index (χ0) is 28.5. The van der Waals surface area contributed by atoms with Gasteiger partial charge in [0, 0.05) is 31.1 Å². The number of unbranched alkanes of at least 4 members (excludes halogenated alkanes) is 4. The lowest BCUT2D eigenvalue weighted by molar-refractivity contribution is -0.122. The largest absolute Gasteiger partial charge is 0.508 e. The van der Waals surface area contributed by atoms with Gasteiger partial charge in [-0.05, 0) is 86.4 Å². The number of rotatable bonds is 16. The molecule has 0 bridgehead atoms. The van der Waals surface area contributed by atoms with Crippen LogP contribution in [0.5, 0.6) is 5.75 Å². The maximum atomic E-state index is 10.3. The molecule has 9 nitrogen and oxygen atoms in total. The van der Waals surface area contributed by atoms with Crippen LogP contribution < -0.4 is 5.32 Å². The molecule has 10 heteroatoms. The Morgan fingerprint density at radius 2 is 1.72 bits per heavy atom. The second kappa shape index (κ2) is 18.2. The summed E-state index contributed by atoms with van der Waals surface area (Å²) in [6, 6.07) is 11.0. The van der Waals surface area contributed by atoms with Crippen molar-refractivity contribution in [1.82, 2.24) is 5.32 Å². The minimum absolute atomic E-state index is 0.0408. The number of carbonyl (C=O) groups is 1. The number of ether oxygens (including phenoxy) is 1. The van der Waals surface area contributed by atoms with Gasteiger partial charge in [-0.1, -0.05) is 31.0 Å². The minimum atomic E-state index is -2.59. The summed E-state index contributed by atoms with van der Waals surface area (Å²) >= 11 is 0. The smallest absolute Gasteiger partial charge is 0.290 e. The van der Waals surface area contributed by atoms with E-state index in [0.717, 1.165) is 88.0 Å². The van der Waals surface area contributed by atoms with E-state index in [9.17, 15) is 24.4 Å². The van der Waals surface area contributed by atoms with Gasteiger partial charge in [0.25, 0.3) is 6.47 Å². The summed E-state index contributed by atoms with van der Waals surface area (Å²) in [4.78, 5) is 9.13. The van der Waals surface area contributed by atoms with Crippen molar-refractivity contribution in [2.75, 3.05) is 32.1 Å². The van der Waals surface area contributed by atoms with Crippen LogP contribution in [0.1, 0.15) is 73.3 Å². The number of carboxylic acid groups (broad SMARTS) is 1. The van der Waals surface area contributed by atoms with Crippen molar-refractivity contribution < 1.29 is 39.1 Å². The summed E-state index contributed by atoms with van der Waals surface area (Å²) in [5.41, 5.74) is 3.37. The van der Waals surface area contributed by atoms with Crippen LogP contribution in [0.15, 0.2) is 41.3 Å². The maximum absolute atomic E-state index is 10.3. The van der Waals surface area contributed by atoms with Gasteiger partial charge in [0.05, 0.1) is 17.6 Å². The predicted octanol–water partition coefficient (Wildman–Crippen LogP) is 4.86. The zero-order valence-corrected chi connectivity index (χ0v) is 23.4. The van der Waals surface area contributed by atoms with E-state index in [1.165, 1.54) is 11.6 Å². The number of aryl methyl sites for hydroxylation is 2. The highest BCUT2D eigenvalue weighted by Gasteiger charge is 2.24. The third-order valence-electron chi connectivity index (χ3n) is 6.75. The summed E-state index contributed by atoms with van der Waals surface area (Å²) in [5.74, 6) is 0.532. The van der Waals surface area contributed by atoms with Crippen molar-refractivity contribution in [2.24, 2.45) is 0 Å². The topological polar surface area (TPSA) is 160 Å². The highest BCUT2D eigenvalue weighted by molar-refractivity contribution is 8.24. The molecule has 0 fully saturated rings. The molecule has 7 N–H and O–H groups in total. The molecule has 2 aromatic carbocycles. The van der Waals surface area contributed by atoms with Crippen LogP contribution in [0.2, 0.25) is 0 Å². The molecule has 0 saturated heterocycles. The second-order valence-corrected chi connectivity index (χ2v) is 12.0. The number of phenols is 1. The fourth-order valence-corrected chi connectivity index (χ4v) is 6.28. The number of aliphatic hydroxyl groups excluding tert-OH is 2. The number of nitrogens with one attached hydrogen (secondary N) is 1. The molecule has 1 atom stereocenters. The van der Waals surface area contributed by atoms with E-state index in [-0.39, 0.29) is 18.8 Å². The molecule has 0 unspecified atom stereocenters. The molecule has 39 heavy (non-hydrogen) atoms. The van der Waals surface area contributed by atoms with Crippen LogP contribution in [0.4, 0.5) is 0 Å². The molecule has 3 rings (SSSR count). The number of hydrogen-bond donors (Lipinski definition) is 7. The van der Waals surface area contributed by atoms with Gasteiger partial charge in [0.1, 0.15) is 5.75 Å². The lowest BCUT2D eigenvalue weighted by Crippen LogP contribution is -2.22. The molecule has 0 amide bonds. The Hall–Kier alpha value is -2.18. The van der Waals surface area contributed by atoms with Crippen LogP contribution in [0.3, 0.4) is 0 Å². The quantitative estimate of drug-likeness (QED) is 0.111. The first kappa shape index (κ1) is 33.0. The maximum Gasteiger partial charge on any atom is 0.290 e. The predicted molar refractivity (Wildman–Crippen MR) is 154 cm³/mol. The molecule has 1 aliphatic rings. The first-order chi connectivity index (χ1) is 18.8. The monoisotopic (exact) mass is 567 g/mol. The third-order valence-corrected chi connectivity index (χ3v) is 8.69. The van der Waals surface area contributed by atoms with Crippen LogP contribution >= 0.6 is 10.6 Å². The van der Waals surface area contributed by atoms with E-state index >= 15 is 0 Å². The molecular formula is C29H45NO8S. The van der Waals surface area contributed by atoms with Crippen LogP contribution in [0.25, 0.3) is 0 Å². The summed E-state index contributed by atoms with van der Waals surface area (Å²) in [5, 5.41) is 39.3. The normalized spacial score (nSPS) is 15.5. The van der Waals surface area contributed by atoms with Crippen molar-refractivity contribution in [2.45, 2.75) is 75.4 Å². The second-order valence-electron chi connectivity index (χ2n) is 9.77. The lowest BCUT2D eigenvalue weighted by Gasteiger charge is -2.38. The number of aromatic hydroxyl groups is 1. The summed E-state index contributed by atoms with van der Waals surface area (Å²) < 4.78 is 26.4. The highest BCUT2D eigenvalue weighted by Crippen LogP contribution is 2.53. The summed E-state index contributed by atoms with van der Waals surface area (Å²) in [7, 11) is -2.59. The Morgan fingerprint density at radius 3 is 2.46 bits per heavy atom. The Kier molecular flexibility index (Phi) is 15.4. The van der Waals surface area contributed by atoms with E-state index < -0.39 is 16.7 Å². The van der Waals surface area contributed by atoms with E-state index in [1.807, 2.05) is 6.07 Å². The SMILES string of the molecule is O=CO.OCc1cc([C@@H](O)CNCCCCCCOCCCCc2ccc3c(c2)S(O)(O)CCC3)ccc1O. The Balaban J connectivity index is 0.00000170. The van der Waals surface area contributed by atoms with Gasteiger partial charge in [-0.2, -0.15) is 10.6 Å². The van der Waals surface area contributed by atoms with Crippen molar-refractivity contribution >= 4 is 17.1 Å². The molecule has 0 aliphatic carbocycles. The van der Waals surface area contributed by atoms with Crippen molar-refractivity contribution in [3.8, 4) is 5.75 Å². The highest BCUT2D eigenvalue weighted by atomic mass is 32.3. The first-order valence-corrected chi connectivity index (χ1v) is 15.4. The number of benzene rings is 2. The molecule has 0 spiro atoms. The van der Waals surface area contributed by atoms with Crippen LogP contribution in [-0.2, 0) is 29.0 Å². The molecule has 220 valence electrons. The standard InChI is InChI=1S/C28H43NO6S.CH2O2/c30-21-25-19-24(12-13-26(25)31)27(32)20-29-14-4-1-2-5-15-35-16-6-3-8-22-10-11-23-9-7-17-36(33,34)28(23)18-22;2-1-3/h10-13,18-19,27,29-34H,1-9,14-17,20-21H2;1H,(H,2,3)/t27-;/m0./s1. The zero-order valence-electron chi connectivity index (χ0n) is 22.6. The first-order valence-electron chi connectivity index (χ1n) is 13.7. The number of fused-ring (bicyclic) bond motifs is 1. The average molecular weight is 568 g/mol. The Bertz CT molecular complexity index is 988. The molecule has 0 saturated carbocycles. The molecule has 0 aromatic heterocycles. The van der Waals surface area contributed by atoms with E-state index in [1.54, 1.807) is 12.1 Å². The number of hydrogen-bond acceptors (Lipinski definition) is 8. The van der Waals surface area contributed by atoms with Gasteiger partial charge in [0.15, 0.2) is 0 Å². The van der Waals surface area contributed by atoms with Gasteiger partial charge in [-0.15, -0.1) is 0 Å². The van der Waals surface area contributed by atoms with Crippen molar-refractivity contribution in [3.63, 3.8) is 0 Å². The van der Waals surface area contributed by atoms with Gasteiger partial charge in [-0.3, -0.25) is 13.9 Å². The van der Waals surface area contributed by atoms with Crippen LogP contribution in [0, 0.1) is 0 Å². The fourth-order valence-electron chi connectivity index (χ4n) is 4.58. The molecule has 1 aliphatic heterocycles. The van der Waals surface area contributed by atoms with Gasteiger partial charge in [-0.25, -0.2) is 0 Å². The van der Waals surface area contributed by atoms with Gasteiger partial charge < -0.3 is 30.5 Å². The summed E-state index contributed by atoms with van der Waals surface area (Å²) in [6.07, 6.45) is 8.38. The molecule has 0 radical (unpaired) electrons. The van der Waals surface area contributed by atoms with E-state index in [0.29, 0.717) is 23.4 Å². The number of aliphatic hydroxyl groups is 2. The molecular weight excluding hydrogens is 522 g/mol. The molecule has 1 heterocycles. The molecule has 2 aromatic rings. The summed E-state index contributed by atoms with van der Waals surface area (Å²) in [6.45, 7) is 2.30. The minimum Gasteiger partial charge on any atom is -0.508 e.